The van der Waals surface area contributed by atoms with Crippen LogP contribution in [-0.2, 0) is 9.53 Å². The van der Waals surface area contributed by atoms with Crippen LogP contribution in [0.15, 0.2) is 31.0 Å². The number of ether oxygens (including phenoxy) is 1. The predicted molar refractivity (Wildman–Crippen MR) is 92.0 cm³/mol. The zero-order valence-electron chi connectivity index (χ0n) is 14.7. The third-order valence-electron chi connectivity index (χ3n) is 3.73. The summed E-state index contributed by atoms with van der Waals surface area (Å²) in [4.78, 5) is 30.6. The standard InChI is InChI=1S/C16H16F3N7O2/c1-28-6-11(15(27)23-7-16(17,18)19)25-12-2-3-21-14(26-12)10-5-22-13-9(10)4-20-8-24-13/h2-5,8,11H,6-7H2,1H3,(H,23,27)(H,20,22,24)(H,21,25,26)/p+1/t11-/m0/s1. The Morgan fingerprint density at radius 1 is 1.39 bits per heavy atom. The molecule has 0 saturated carbocycles. The van der Waals surface area contributed by atoms with Crippen LogP contribution in [0.1, 0.15) is 0 Å². The Balaban J connectivity index is 1.79. The van der Waals surface area contributed by atoms with Crippen molar-refractivity contribution >= 4 is 22.8 Å². The number of alkyl halides is 3. The number of aromatic nitrogens is 5. The minimum absolute atomic E-state index is 0.144. The number of methoxy groups -OCH3 is 1. The molecule has 0 bridgehead atoms. The molecule has 0 aliphatic rings. The topological polar surface area (TPSA) is 119 Å². The third kappa shape index (κ3) is 4.71. The third-order valence-corrected chi connectivity index (χ3v) is 3.73. The molecule has 0 spiro atoms. The fourth-order valence-corrected chi connectivity index (χ4v) is 2.49. The highest BCUT2D eigenvalue weighted by Gasteiger charge is 2.29. The van der Waals surface area contributed by atoms with Crippen LogP contribution in [0.25, 0.3) is 22.4 Å². The number of nitrogens with one attached hydrogen (secondary N) is 4. The van der Waals surface area contributed by atoms with E-state index in [4.69, 9.17) is 4.74 Å². The fourth-order valence-electron chi connectivity index (χ4n) is 2.49. The van der Waals surface area contributed by atoms with E-state index < -0.39 is 24.7 Å². The maximum absolute atomic E-state index is 12.3. The first kappa shape index (κ1) is 19.5. The molecule has 3 aromatic rings. The Bertz CT molecular complexity index is 961. The van der Waals surface area contributed by atoms with E-state index in [-0.39, 0.29) is 12.4 Å². The van der Waals surface area contributed by atoms with Crippen LogP contribution in [0.4, 0.5) is 19.0 Å². The van der Waals surface area contributed by atoms with E-state index in [1.54, 1.807) is 12.4 Å². The Kier molecular flexibility index (Phi) is 5.68. The van der Waals surface area contributed by atoms with Gasteiger partial charge in [-0.2, -0.15) is 13.2 Å². The molecule has 0 saturated heterocycles. The normalized spacial score (nSPS) is 12.7. The summed E-state index contributed by atoms with van der Waals surface area (Å²) in [5.74, 6) is -0.244. The van der Waals surface area contributed by atoms with Crippen molar-refractivity contribution in [3.05, 3.63) is 31.0 Å². The van der Waals surface area contributed by atoms with Crippen LogP contribution < -0.4 is 15.6 Å². The van der Waals surface area contributed by atoms with Crippen LogP contribution in [-0.4, -0.2) is 58.3 Å². The molecular formula is C16H17F3N7O2+. The van der Waals surface area contributed by atoms with Gasteiger partial charge in [0.2, 0.25) is 5.91 Å². The van der Waals surface area contributed by atoms with Crippen molar-refractivity contribution in [2.24, 2.45) is 0 Å². The first-order chi connectivity index (χ1) is 13.4. The lowest BCUT2D eigenvalue weighted by atomic mass is 10.2. The van der Waals surface area contributed by atoms with E-state index in [1.165, 1.54) is 25.7 Å². The molecule has 3 rings (SSSR count). The maximum atomic E-state index is 12.3. The highest BCUT2D eigenvalue weighted by Crippen LogP contribution is 2.24. The number of aromatic amines is 2. The van der Waals surface area contributed by atoms with E-state index in [0.717, 1.165) is 5.39 Å². The van der Waals surface area contributed by atoms with E-state index in [1.807, 2.05) is 5.32 Å². The number of H-pyrrole nitrogens is 2. The van der Waals surface area contributed by atoms with Gasteiger partial charge < -0.3 is 20.4 Å². The van der Waals surface area contributed by atoms with Gasteiger partial charge >= 0.3 is 6.18 Å². The van der Waals surface area contributed by atoms with Gasteiger partial charge in [0.1, 0.15) is 24.6 Å². The van der Waals surface area contributed by atoms with Gasteiger partial charge in [0, 0.05) is 19.5 Å². The summed E-state index contributed by atoms with van der Waals surface area (Å²) in [5, 5.41) is 5.36. The lowest BCUT2D eigenvalue weighted by molar-refractivity contribution is -0.380. The molecule has 3 aromatic heterocycles. The van der Waals surface area contributed by atoms with E-state index in [2.05, 4.69) is 30.2 Å². The molecule has 3 heterocycles. The average Bonchev–Trinajstić information content (AvgIpc) is 3.09. The number of rotatable bonds is 7. The van der Waals surface area contributed by atoms with Crippen LogP contribution >= 0.6 is 0 Å². The molecule has 9 nitrogen and oxygen atoms in total. The summed E-state index contributed by atoms with van der Waals surface area (Å²) in [6, 6.07) is 0.440. The number of halogens is 3. The molecule has 0 unspecified atom stereocenters. The molecule has 4 N–H and O–H groups in total. The van der Waals surface area contributed by atoms with E-state index in [0.29, 0.717) is 17.0 Å². The van der Waals surface area contributed by atoms with Crippen molar-refractivity contribution in [2.45, 2.75) is 12.2 Å². The first-order valence-electron chi connectivity index (χ1n) is 8.14. The summed E-state index contributed by atoms with van der Waals surface area (Å²) in [6.45, 7) is -1.57. The zero-order valence-corrected chi connectivity index (χ0v) is 14.7. The number of anilines is 1. The summed E-state index contributed by atoms with van der Waals surface area (Å²) in [5.41, 5.74) is 1.31. The summed E-state index contributed by atoms with van der Waals surface area (Å²) < 4.78 is 41.9. The summed E-state index contributed by atoms with van der Waals surface area (Å²) in [6.07, 6.45) is 1.91. The van der Waals surface area contributed by atoms with E-state index in [9.17, 15) is 18.0 Å². The molecule has 12 heteroatoms. The number of carbonyl (C=O) groups is 1. The lowest BCUT2D eigenvalue weighted by Gasteiger charge is -2.19. The smallest absolute Gasteiger partial charge is 0.382 e. The van der Waals surface area contributed by atoms with Gasteiger partial charge in [-0.05, 0) is 11.1 Å². The van der Waals surface area contributed by atoms with Crippen molar-refractivity contribution < 1.29 is 27.7 Å². The molecule has 28 heavy (non-hydrogen) atoms. The molecule has 1 atom stereocenters. The fraction of sp³-hybridized carbons (Fsp3) is 0.312. The molecule has 0 radical (unpaired) electrons. The molecule has 0 aliphatic heterocycles. The number of carbonyl (C=O) groups excluding carboxylic acids is 1. The van der Waals surface area contributed by atoms with E-state index >= 15 is 0 Å². The minimum Gasteiger partial charge on any atom is -0.382 e. The zero-order chi connectivity index (χ0) is 20.1. The van der Waals surface area contributed by atoms with Crippen LogP contribution in [0.2, 0.25) is 0 Å². The Morgan fingerprint density at radius 3 is 2.96 bits per heavy atom. The number of nitrogens with zero attached hydrogens (tertiary/aromatic N) is 3. The minimum atomic E-state index is -4.50. The highest BCUT2D eigenvalue weighted by molar-refractivity contribution is 5.90. The molecular weight excluding hydrogens is 379 g/mol. The Labute approximate surface area is 156 Å². The van der Waals surface area contributed by atoms with Gasteiger partial charge in [0.25, 0.3) is 12.0 Å². The van der Waals surface area contributed by atoms with Gasteiger partial charge in [0.05, 0.1) is 17.6 Å². The number of hydrogen-bond donors (Lipinski definition) is 3. The maximum Gasteiger partial charge on any atom is 0.405 e. The monoisotopic (exact) mass is 396 g/mol. The lowest BCUT2D eigenvalue weighted by Crippen LogP contribution is -2.45. The summed E-state index contributed by atoms with van der Waals surface area (Å²) in [7, 11) is 1.34. The van der Waals surface area contributed by atoms with Gasteiger partial charge in [-0.15, -0.1) is 0 Å². The van der Waals surface area contributed by atoms with Gasteiger partial charge in [-0.25, -0.2) is 15.0 Å². The van der Waals surface area contributed by atoms with Crippen molar-refractivity contribution in [1.29, 1.82) is 0 Å². The average molecular weight is 396 g/mol. The number of amides is 1. The Hall–Kier alpha value is -3.28. The number of hydrogen-bond acceptors (Lipinski definition) is 6. The number of fused-ring (bicyclic) bond motifs is 1. The van der Waals surface area contributed by atoms with Crippen LogP contribution in [0.5, 0.6) is 0 Å². The first-order valence-corrected chi connectivity index (χ1v) is 8.14. The highest BCUT2D eigenvalue weighted by atomic mass is 19.4. The predicted octanol–water partition coefficient (Wildman–Crippen LogP) is 0.939. The van der Waals surface area contributed by atoms with Crippen molar-refractivity contribution in [3.63, 3.8) is 0 Å². The molecule has 0 aromatic carbocycles. The van der Waals surface area contributed by atoms with Gasteiger partial charge in [-0.1, -0.05) is 0 Å². The van der Waals surface area contributed by atoms with Crippen molar-refractivity contribution in [2.75, 3.05) is 25.6 Å². The van der Waals surface area contributed by atoms with Crippen LogP contribution in [0, 0.1) is 0 Å². The quantitative estimate of drug-likeness (QED) is 0.547. The van der Waals surface area contributed by atoms with Gasteiger partial charge in [-0.3, -0.25) is 4.79 Å². The molecule has 0 aliphatic carbocycles. The largest absolute Gasteiger partial charge is 0.405 e. The molecule has 1 amide bonds. The van der Waals surface area contributed by atoms with Crippen LogP contribution in [0.3, 0.4) is 0 Å². The van der Waals surface area contributed by atoms with Crippen molar-refractivity contribution in [1.82, 2.24) is 25.3 Å². The second-order valence-corrected chi connectivity index (χ2v) is 5.78. The second kappa shape index (κ2) is 8.17. The Morgan fingerprint density at radius 2 is 2.21 bits per heavy atom. The second-order valence-electron chi connectivity index (χ2n) is 5.78. The van der Waals surface area contributed by atoms with Gasteiger partial charge in [0.15, 0.2) is 5.82 Å². The SMILES string of the molecule is COC[C@H](Nc1ccnc(-c2c[nH]c3nc[nH+]cc23)n1)C(=O)NCC(F)(F)F. The molecule has 0 fully saturated rings. The molecule has 148 valence electrons. The summed E-state index contributed by atoms with van der Waals surface area (Å²) >= 11 is 0. The van der Waals surface area contributed by atoms with Crippen molar-refractivity contribution in [3.8, 4) is 11.4 Å².